The van der Waals surface area contributed by atoms with Gasteiger partial charge >= 0.3 is 0 Å². The van der Waals surface area contributed by atoms with Gasteiger partial charge in [-0.3, -0.25) is 14.3 Å². The van der Waals surface area contributed by atoms with Crippen molar-refractivity contribution in [2.45, 2.75) is 26.7 Å². The molecule has 4 rings (SSSR count). The molecule has 0 spiro atoms. The fourth-order valence-electron chi connectivity index (χ4n) is 3.35. The van der Waals surface area contributed by atoms with E-state index in [1.165, 1.54) is 16.9 Å². The van der Waals surface area contributed by atoms with Crippen LogP contribution in [-0.2, 0) is 7.05 Å². The number of hydrogen-bond donors (Lipinski definition) is 2. The quantitative estimate of drug-likeness (QED) is 0.465. The number of anilines is 2. The molecule has 3 heterocycles. The second kappa shape index (κ2) is 8.31. The lowest BCUT2D eigenvalue weighted by molar-refractivity contribution is 0.102. The molecule has 0 fully saturated rings. The van der Waals surface area contributed by atoms with Crippen LogP contribution in [0, 0.1) is 6.92 Å². The first kappa shape index (κ1) is 20.7. The number of pyridine rings is 1. The van der Waals surface area contributed by atoms with Crippen molar-refractivity contribution in [1.29, 1.82) is 0 Å². The summed E-state index contributed by atoms with van der Waals surface area (Å²) in [6, 6.07) is 11.0. The number of rotatable bonds is 5. The van der Waals surface area contributed by atoms with Crippen molar-refractivity contribution in [3.8, 4) is 0 Å². The molecule has 0 saturated heterocycles. The molecule has 2 amide bonds. The molecule has 31 heavy (non-hydrogen) atoms. The monoisotopic (exact) mass is 433 g/mol. The predicted molar refractivity (Wildman–Crippen MR) is 124 cm³/mol. The smallest absolute Gasteiger partial charge is 0.258 e. The number of aryl methyl sites for hydroxylation is 2. The summed E-state index contributed by atoms with van der Waals surface area (Å²) < 4.78 is 1.70. The molecule has 0 bridgehead atoms. The fourth-order valence-corrected chi connectivity index (χ4v) is 4.13. The third kappa shape index (κ3) is 4.20. The second-order valence-corrected chi connectivity index (χ2v) is 8.57. The molecule has 4 aromatic rings. The molecule has 0 atom stereocenters. The summed E-state index contributed by atoms with van der Waals surface area (Å²) in [4.78, 5) is 29.9. The number of carbonyl (C=O) groups is 2. The van der Waals surface area contributed by atoms with E-state index in [2.05, 4.69) is 34.6 Å². The van der Waals surface area contributed by atoms with Gasteiger partial charge in [-0.1, -0.05) is 26.0 Å². The second-order valence-electron chi connectivity index (χ2n) is 7.65. The third-order valence-electron chi connectivity index (χ3n) is 5.10. The van der Waals surface area contributed by atoms with Gasteiger partial charge in [0.1, 0.15) is 5.00 Å². The molecule has 3 aromatic heterocycles. The van der Waals surface area contributed by atoms with Gasteiger partial charge in [0.15, 0.2) is 5.65 Å². The van der Waals surface area contributed by atoms with Crippen molar-refractivity contribution >= 4 is 44.9 Å². The Morgan fingerprint density at radius 1 is 1.06 bits per heavy atom. The number of amides is 2. The van der Waals surface area contributed by atoms with Crippen LogP contribution < -0.4 is 10.6 Å². The van der Waals surface area contributed by atoms with Crippen LogP contribution in [0.4, 0.5) is 10.7 Å². The first-order valence-electron chi connectivity index (χ1n) is 9.93. The highest BCUT2D eigenvalue weighted by atomic mass is 32.1. The Bertz CT molecular complexity index is 1270. The van der Waals surface area contributed by atoms with E-state index in [4.69, 9.17) is 0 Å². The van der Waals surface area contributed by atoms with Crippen LogP contribution in [0.2, 0.25) is 0 Å². The van der Waals surface area contributed by atoms with E-state index in [0.29, 0.717) is 27.7 Å². The molecular weight excluding hydrogens is 410 g/mol. The van der Waals surface area contributed by atoms with Gasteiger partial charge in [0.05, 0.1) is 23.1 Å². The van der Waals surface area contributed by atoms with E-state index in [-0.39, 0.29) is 11.8 Å². The first-order valence-corrected chi connectivity index (χ1v) is 10.8. The summed E-state index contributed by atoms with van der Waals surface area (Å²) >= 11 is 1.31. The Hall–Kier alpha value is -3.52. The SMILES string of the molecule is Cc1nn(C)c2ncc(NC(=O)c3ccsc3NC(=O)c3ccc(C(C)C)cc3)cc12. The highest BCUT2D eigenvalue weighted by Gasteiger charge is 2.17. The van der Waals surface area contributed by atoms with Crippen molar-refractivity contribution < 1.29 is 9.59 Å². The summed E-state index contributed by atoms with van der Waals surface area (Å²) in [5.41, 5.74) is 4.28. The zero-order valence-electron chi connectivity index (χ0n) is 17.8. The fraction of sp³-hybridized carbons (Fsp3) is 0.217. The largest absolute Gasteiger partial charge is 0.320 e. The van der Waals surface area contributed by atoms with E-state index in [1.807, 2.05) is 32.2 Å². The highest BCUT2D eigenvalue weighted by molar-refractivity contribution is 7.14. The molecule has 0 aliphatic rings. The number of hydrogen-bond acceptors (Lipinski definition) is 5. The lowest BCUT2D eigenvalue weighted by Gasteiger charge is -2.09. The van der Waals surface area contributed by atoms with Crippen molar-refractivity contribution in [2.24, 2.45) is 7.05 Å². The minimum Gasteiger partial charge on any atom is -0.320 e. The van der Waals surface area contributed by atoms with Crippen molar-refractivity contribution in [3.05, 3.63) is 70.4 Å². The Morgan fingerprint density at radius 3 is 2.52 bits per heavy atom. The van der Waals surface area contributed by atoms with Gasteiger partial charge in [-0.15, -0.1) is 11.3 Å². The van der Waals surface area contributed by atoms with Crippen molar-refractivity contribution in [2.75, 3.05) is 10.6 Å². The van der Waals surface area contributed by atoms with Crippen LogP contribution >= 0.6 is 11.3 Å². The van der Waals surface area contributed by atoms with Gasteiger partial charge in [0, 0.05) is 18.0 Å². The molecule has 1 aromatic carbocycles. The molecule has 7 nitrogen and oxygen atoms in total. The van der Waals surface area contributed by atoms with Crippen LogP contribution in [-0.4, -0.2) is 26.6 Å². The van der Waals surface area contributed by atoms with Gasteiger partial charge < -0.3 is 10.6 Å². The minimum atomic E-state index is -0.311. The average molecular weight is 434 g/mol. The molecule has 0 unspecified atom stereocenters. The zero-order chi connectivity index (χ0) is 22.1. The lowest BCUT2D eigenvalue weighted by atomic mass is 10.0. The van der Waals surface area contributed by atoms with Gasteiger partial charge in [0.25, 0.3) is 11.8 Å². The third-order valence-corrected chi connectivity index (χ3v) is 5.93. The predicted octanol–water partition coefficient (Wildman–Crippen LogP) is 4.97. The summed E-state index contributed by atoms with van der Waals surface area (Å²) in [6.07, 6.45) is 1.60. The lowest BCUT2D eigenvalue weighted by Crippen LogP contribution is -2.16. The standard InChI is InChI=1S/C23H23N5O2S/c1-13(2)15-5-7-16(8-6-15)21(29)26-23-18(9-10-31-23)22(30)25-17-11-19-14(3)27-28(4)20(19)24-12-17/h5-13H,1-4H3,(H,25,30)(H,26,29). The molecule has 158 valence electrons. The minimum absolute atomic E-state index is 0.249. The first-order chi connectivity index (χ1) is 14.8. The number of benzene rings is 1. The summed E-state index contributed by atoms with van der Waals surface area (Å²) in [7, 11) is 1.83. The van der Waals surface area contributed by atoms with Gasteiger partial charge in [0.2, 0.25) is 0 Å². The maximum Gasteiger partial charge on any atom is 0.258 e. The van der Waals surface area contributed by atoms with Crippen LogP contribution in [0.3, 0.4) is 0 Å². The topological polar surface area (TPSA) is 88.9 Å². The highest BCUT2D eigenvalue weighted by Crippen LogP contribution is 2.26. The van der Waals surface area contributed by atoms with E-state index in [0.717, 1.165) is 16.7 Å². The maximum absolute atomic E-state index is 12.9. The van der Waals surface area contributed by atoms with Crippen molar-refractivity contribution in [3.63, 3.8) is 0 Å². The van der Waals surface area contributed by atoms with Gasteiger partial charge in [-0.25, -0.2) is 4.98 Å². The van der Waals surface area contributed by atoms with Crippen molar-refractivity contribution in [1.82, 2.24) is 14.8 Å². The number of nitrogens with one attached hydrogen (secondary N) is 2. The Labute approximate surface area is 184 Å². The van der Waals surface area contributed by atoms with Crippen LogP contribution in [0.5, 0.6) is 0 Å². The Balaban J connectivity index is 1.50. The summed E-state index contributed by atoms with van der Waals surface area (Å²) in [6.45, 7) is 6.11. The maximum atomic E-state index is 12.9. The van der Waals surface area contributed by atoms with Gasteiger partial charge in [-0.05, 0) is 48.1 Å². The van der Waals surface area contributed by atoms with E-state index in [1.54, 1.807) is 34.5 Å². The summed E-state index contributed by atoms with van der Waals surface area (Å²) in [5, 5.41) is 13.2. The molecule has 8 heteroatoms. The van der Waals surface area contributed by atoms with E-state index < -0.39 is 0 Å². The van der Waals surface area contributed by atoms with Gasteiger partial charge in [-0.2, -0.15) is 5.10 Å². The number of carbonyl (C=O) groups excluding carboxylic acids is 2. The Morgan fingerprint density at radius 2 is 1.81 bits per heavy atom. The zero-order valence-corrected chi connectivity index (χ0v) is 18.6. The summed E-state index contributed by atoms with van der Waals surface area (Å²) in [5.74, 6) is -0.163. The van der Waals surface area contributed by atoms with Crippen LogP contribution in [0.1, 0.15) is 51.7 Å². The number of nitrogens with zero attached hydrogens (tertiary/aromatic N) is 3. The normalized spacial score (nSPS) is 11.1. The molecule has 0 aliphatic heterocycles. The van der Waals surface area contributed by atoms with E-state index >= 15 is 0 Å². The molecule has 0 radical (unpaired) electrons. The number of fused-ring (bicyclic) bond motifs is 1. The molecule has 2 N–H and O–H groups in total. The number of thiophene rings is 1. The van der Waals surface area contributed by atoms with E-state index in [9.17, 15) is 9.59 Å². The molecule has 0 saturated carbocycles. The number of aromatic nitrogens is 3. The Kier molecular flexibility index (Phi) is 5.56. The average Bonchev–Trinajstić information content (AvgIpc) is 3.32. The van der Waals surface area contributed by atoms with Crippen LogP contribution in [0.15, 0.2) is 48.0 Å². The molecular formula is C23H23N5O2S. The molecule has 0 aliphatic carbocycles. The van der Waals surface area contributed by atoms with Crippen LogP contribution in [0.25, 0.3) is 11.0 Å².